The van der Waals surface area contributed by atoms with Crippen LogP contribution in [0, 0.1) is 17.8 Å². The minimum absolute atomic E-state index is 0.187. The summed E-state index contributed by atoms with van der Waals surface area (Å²) in [6.07, 6.45) is 12.8. The molecule has 1 amide bonds. The summed E-state index contributed by atoms with van der Waals surface area (Å²) in [6, 6.07) is 0. The fourth-order valence-corrected chi connectivity index (χ4v) is 2.88. The van der Waals surface area contributed by atoms with Crippen LogP contribution >= 0.6 is 0 Å². The predicted molar refractivity (Wildman–Crippen MR) is 74.9 cm³/mol. The quantitative estimate of drug-likeness (QED) is 0.600. The molecule has 0 unspecified atom stereocenters. The molecular formula is C15H26N2O. The number of nitrogens with two attached hydrogens (primary N) is 1. The van der Waals surface area contributed by atoms with Crippen LogP contribution < -0.4 is 5.73 Å². The molecule has 0 aliphatic heterocycles. The summed E-state index contributed by atoms with van der Waals surface area (Å²) in [5.74, 6) is 2.78. The molecule has 3 heteroatoms. The summed E-state index contributed by atoms with van der Waals surface area (Å²) in [6.45, 7) is 3.68. The van der Waals surface area contributed by atoms with Crippen LogP contribution in [0.15, 0.2) is 0 Å². The lowest BCUT2D eigenvalue weighted by atomic mass is 9.79. The molecular weight excluding hydrogens is 224 g/mol. The summed E-state index contributed by atoms with van der Waals surface area (Å²) in [4.78, 5) is 14.6. The Bertz CT molecular complexity index is 298. The van der Waals surface area contributed by atoms with Gasteiger partial charge in [0.05, 0.1) is 12.0 Å². The van der Waals surface area contributed by atoms with Crippen molar-refractivity contribution >= 4 is 5.91 Å². The van der Waals surface area contributed by atoms with Gasteiger partial charge in [-0.2, -0.15) is 0 Å². The maximum atomic E-state index is 12.7. The molecule has 0 aromatic rings. The molecule has 0 heterocycles. The topological polar surface area (TPSA) is 46.3 Å². The molecule has 1 rings (SSSR count). The molecule has 102 valence electrons. The van der Waals surface area contributed by atoms with Crippen LogP contribution in [0.2, 0.25) is 0 Å². The Morgan fingerprint density at radius 3 is 2.39 bits per heavy atom. The Hall–Kier alpha value is -1.01. The lowest BCUT2D eigenvalue weighted by Crippen LogP contribution is -2.48. The van der Waals surface area contributed by atoms with E-state index >= 15 is 0 Å². The minimum Gasteiger partial charge on any atom is -0.331 e. The minimum atomic E-state index is -0.345. The average molecular weight is 250 g/mol. The Labute approximate surface area is 111 Å². The van der Waals surface area contributed by atoms with Crippen LogP contribution in [0.3, 0.4) is 0 Å². The molecule has 0 aromatic carbocycles. The molecule has 0 aromatic heterocycles. The van der Waals surface area contributed by atoms with E-state index in [0.29, 0.717) is 13.1 Å². The molecule has 2 N–H and O–H groups in total. The first-order valence-corrected chi connectivity index (χ1v) is 7.13. The SMILES string of the molecule is C#CCN(CCC)C(=O)C1(CN)CCCCCC1. The second-order valence-corrected chi connectivity index (χ2v) is 5.33. The molecule has 0 atom stereocenters. The van der Waals surface area contributed by atoms with Gasteiger partial charge in [-0.3, -0.25) is 4.79 Å². The molecule has 0 saturated heterocycles. The van der Waals surface area contributed by atoms with Gasteiger partial charge in [0.25, 0.3) is 0 Å². The second-order valence-electron chi connectivity index (χ2n) is 5.33. The number of rotatable bonds is 5. The van der Waals surface area contributed by atoms with Crippen molar-refractivity contribution in [2.75, 3.05) is 19.6 Å². The van der Waals surface area contributed by atoms with Gasteiger partial charge in [0.15, 0.2) is 0 Å². The van der Waals surface area contributed by atoms with Crippen molar-refractivity contribution in [1.29, 1.82) is 0 Å². The van der Waals surface area contributed by atoms with Gasteiger partial charge < -0.3 is 10.6 Å². The molecule has 1 fully saturated rings. The standard InChI is InChI=1S/C15H26N2O/c1-3-11-17(12-4-2)14(18)15(13-16)9-7-5-6-8-10-15/h1H,4-13,16H2,2H3. The highest BCUT2D eigenvalue weighted by molar-refractivity contribution is 5.83. The van der Waals surface area contributed by atoms with E-state index in [-0.39, 0.29) is 11.3 Å². The molecule has 0 spiro atoms. The first-order chi connectivity index (χ1) is 8.70. The maximum Gasteiger partial charge on any atom is 0.230 e. The van der Waals surface area contributed by atoms with Crippen molar-refractivity contribution in [1.82, 2.24) is 4.90 Å². The van der Waals surface area contributed by atoms with Crippen molar-refractivity contribution in [3.8, 4) is 12.3 Å². The summed E-state index contributed by atoms with van der Waals surface area (Å²) in [7, 11) is 0. The average Bonchev–Trinajstić information content (AvgIpc) is 2.64. The number of carbonyl (C=O) groups is 1. The van der Waals surface area contributed by atoms with Gasteiger partial charge >= 0.3 is 0 Å². The molecule has 0 radical (unpaired) electrons. The highest BCUT2D eigenvalue weighted by Crippen LogP contribution is 2.36. The number of carbonyl (C=O) groups excluding carboxylic acids is 1. The third kappa shape index (κ3) is 3.49. The van der Waals surface area contributed by atoms with Crippen LogP contribution in [0.25, 0.3) is 0 Å². The number of amides is 1. The van der Waals surface area contributed by atoms with Crippen molar-refractivity contribution < 1.29 is 4.79 Å². The Morgan fingerprint density at radius 2 is 1.94 bits per heavy atom. The summed E-state index contributed by atoms with van der Waals surface area (Å²) >= 11 is 0. The molecule has 0 bridgehead atoms. The molecule has 18 heavy (non-hydrogen) atoms. The van der Waals surface area contributed by atoms with Gasteiger partial charge in [-0.1, -0.05) is 38.5 Å². The third-order valence-electron chi connectivity index (χ3n) is 3.97. The van der Waals surface area contributed by atoms with E-state index in [0.717, 1.165) is 38.6 Å². The summed E-state index contributed by atoms with van der Waals surface area (Å²) < 4.78 is 0. The monoisotopic (exact) mass is 250 g/mol. The van der Waals surface area contributed by atoms with Crippen molar-refractivity contribution in [2.24, 2.45) is 11.1 Å². The normalized spacial score (nSPS) is 18.7. The number of hydrogen-bond acceptors (Lipinski definition) is 2. The van der Waals surface area contributed by atoms with Gasteiger partial charge in [0.1, 0.15) is 0 Å². The third-order valence-corrected chi connectivity index (χ3v) is 3.97. The van der Waals surface area contributed by atoms with Crippen molar-refractivity contribution in [3.63, 3.8) is 0 Å². The maximum absolute atomic E-state index is 12.7. The predicted octanol–water partition coefficient (Wildman–Crippen LogP) is 2.16. The highest BCUT2D eigenvalue weighted by Gasteiger charge is 2.39. The largest absolute Gasteiger partial charge is 0.331 e. The van der Waals surface area contributed by atoms with E-state index in [9.17, 15) is 4.79 Å². The van der Waals surface area contributed by atoms with E-state index in [2.05, 4.69) is 12.8 Å². The smallest absolute Gasteiger partial charge is 0.230 e. The van der Waals surface area contributed by atoms with Crippen LogP contribution in [-0.4, -0.2) is 30.4 Å². The molecule has 1 aliphatic rings. The zero-order valence-corrected chi connectivity index (χ0v) is 11.6. The van der Waals surface area contributed by atoms with Gasteiger partial charge in [-0.25, -0.2) is 0 Å². The number of terminal acetylenes is 1. The van der Waals surface area contributed by atoms with Gasteiger partial charge in [-0.15, -0.1) is 6.42 Å². The second kappa shape index (κ2) is 7.43. The lowest BCUT2D eigenvalue weighted by molar-refractivity contribution is -0.142. The summed E-state index contributed by atoms with van der Waals surface area (Å²) in [5, 5.41) is 0. The van der Waals surface area contributed by atoms with Crippen molar-refractivity contribution in [3.05, 3.63) is 0 Å². The van der Waals surface area contributed by atoms with E-state index in [4.69, 9.17) is 12.2 Å². The van der Waals surface area contributed by atoms with Gasteiger partial charge in [-0.05, 0) is 19.3 Å². The molecule has 1 saturated carbocycles. The van der Waals surface area contributed by atoms with Gasteiger partial charge in [0.2, 0.25) is 5.91 Å². The number of hydrogen-bond donors (Lipinski definition) is 1. The zero-order valence-electron chi connectivity index (χ0n) is 11.6. The van der Waals surface area contributed by atoms with Gasteiger partial charge in [0, 0.05) is 13.1 Å². The fraction of sp³-hybridized carbons (Fsp3) is 0.800. The van der Waals surface area contributed by atoms with Crippen molar-refractivity contribution in [2.45, 2.75) is 51.9 Å². The lowest BCUT2D eigenvalue weighted by Gasteiger charge is -2.35. The molecule has 3 nitrogen and oxygen atoms in total. The van der Waals surface area contributed by atoms with E-state index in [1.54, 1.807) is 0 Å². The Kier molecular flexibility index (Phi) is 6.21. The Morgan fingerprint density at radius 1 is 1.33 bits per heavy atom. The first kappa shape index (κ1) is 15.0. The zero-order chi connectivity index (χ0) is 13.4. The van der Waals surface area contributed by atoms with Crippen LogP contribution in [0.4, 0.5) is 0 Å². The fourth-order valence-electron chi connectivity index (χ4n) is 2.88. The number of nitrogens with zero attached hydrogens (tertiary/aromatic N) is 1. The van der Waals surface area contributed by atoms with E-state index < -0.39 is 0 Å². The molecule has 1 aliphatic carbocycles. The van der Waals surface area contributed by atoms with Crippen LogP contribution in [0.5, 0.6) is 0 Å². The van der Waals surface area contributed by atoms with E-state index in [1.165, 1.54) is 12.8 Å². The van der Waals surface area contributed by atoms with E-state index in [1.807, 2.05) is 4.90 Å². The summed E-state index contributed by atoms with van der Waals surface area (Å²) in [5.41, 5.74) is 5.59. The Balaban J connectivity index is 2.83. The van der Waals surface area contributed by atoms with Crippen LogP contribution in [-0.2, 0) is 4.79 Å². The highest BCUT2D eigenvalue weighted by atomic mass is 16.2. The van der Waals surface area contributed by atoms with Crippen LogP contribution in [0.1, 0.15) is 51.9 Å². The first-order valence-electron chi connectivity index (χ1n) is 7.13.